The van der Waals surface area contributed by atoms with E-state index in [1.807, 2.05) is 4.57 Å². The van der Waals surface area contributed by atoms with Crippen LogP contribution in [0, 0.1) is 5.41 Å². The van der Waals surface area contributed by atoms with Crippen LogP contribution in [0.1, 0.15) is 18.2 Å². The number of aromatic nitrogens is 6. The number of anilines is 1. The number of nitrogens with one attached hydrogen (secondary N) is 1. The zero-order chi connectivity index (χ0) is 19.0. The molecule has 0 spiro atoms. The topological polar surface area (TPSA) is 133 Å². The third-order valence-electron chi connectivity index (χ3n) is 4.95. The smallest absolute Gasteiger partial charge is 0.264 e. The summed E-state index contributed by atoms with van der Waals surface area (Å²) in [7, 11) is 0. The number of hydrogen-bond acceptors (Lipinski definition) is 8. The third kappa shape index (κ3) is 3.17. The van der Waals surface area contributed by atoms with Gasteiger partial charge in [-0.3, -0.25) is 4.79 Å². The molecule has 1 aliphatic heterocycles. The first-order chi connectivity index (χ1) is 13.0. The molecule has 142 valence electrons. The molecule has 0 aliphatic carbocycles. The van der Waals surface area contributed by atoms with Gasteiger partial charge in [0.05, 0.1) is 25.2 Å². The summed E-state index contributed by atoms with van der Waals surface area (Å²) in [5.74, 6) is 0.694. The van der Waals surface area contributed by atoms with E-state index in [2.05, 4.69) is 30.0 Å². The zero-order valence-electron chi connectivity index (χ0n) is 15.0. The van der Waals surface area contributed by atoms with E-state index in [4.69, 9.17) is 0 Å². The molecule has 10 heteroatoms. The summed E-state index contributed by atoms with van der Waals surface area (Å²) >= 11 is 0. The lowest BCUT2D eigenvalue weighted by atomic mass is 9.93. The van der Waals surface area contributed by atoms with Crippen LogP contribution in [0.5, 0.6) is 0 Å². The Labute approximate surface area is 154 Å². The fourth-order valence-corrected chi connectivity index (χ4v) is 3.30. The average Bonchev–Trinajstić information content (AvgIpc) is 3.10. The van der Waals surface area contributed by atoms with Gasteiger partial charge < -0.3 is 19.7 Å². The van der Waals surface area contributed by atoms with Crippen LogP contribution in [-0.2, 0) is 19.5 Å². The van der Waals surface area contributed by atoms with Crippen LogP contribution in [0.2, 0.25) is 0 Å². The highest BCUT2D eigenvalue weighted by atomic mass is 16.3. The van der Waals surface area contributed by atoms with Gasteiger partial charge in [-0.25, -0.2) is 20.1 Å². The number of aliphatic hydroxyl groups is 2. The number of hydrogen-bond donors (Lipinski definition) is 3. The standard InChI is InChI=1S/C17H21N7O3/c1-17(7-25,8-26)6-24-10-20-14-15(18-9-19-16(14)24)23-3-2-12-11(5-23)4-13(27)22-21-12/h4,9-10,25-26H,2-3,5-8H2,1H3,(H,22,27). The molecule has 4 rings (SSSR count). The highest BCUT2D eigenvalue weighted by Gasteiger charge is 2.26. The number of aliphatic hydroxyl groups excluding tert-OH is 2. The molecule has 0 unspecified atom stereocenters. The molecule has 0 radical (unpaired) electrons. The number of imidazole rings is 1. The van der Waals surface area contributed by atoms with Gasteiger partial charge in [0.15, 0.2) is 17.0 Å². The van der Waals surface area contributed by atoms with Crippen molar-refractivity contribution in [3.05, 3.63) is 40.3 Å². The monoisotopic (exact) mass is 371 g/mol. The van der Waals surface area contributed by atoms with Crippen molar-refractivity contribution >= 4 is 17.0 Å². The van der Waals surface area contributed by atoms with Gasteiger partial charge in [-0.2, -0.15) is 5.10 Å². The summed E-state index contributed by atoms with van der Waals surface area (Å²) in [6, 6.07) is 1.57. The van der Waals surface area contributed by atoms with Crippen molar-refractivity contribution in [1.82, 2.24) is 29.7 Å². The summed E-state index contributed by atoms with van der Waals surface area (Å²) in [5.41, 5.74) is 2.17. The summed E-state index contributed by atoms with van der Waals surface area (Å²) in [5, 5.41) is 25.7. The van der Waals surface area contributed by atoms with Crippen molar-refractivity contribution < 1.29 is 10.2 Å². The van der Waals surface area contributed by atoms with Crippen molar-refractivity contribution in [2.24, 2.45) is 5.41 Å². The number of nitrogens with zero attached hydrogens (tertiary/aromatic N) is 6. The normalized spacial score (nSPS) is 14.6. The summed E-state index contributed by atoms with van der Waals surface area (Å²) in [6.45, 7) is 3.12. The van der Waals surface area contributed by atoms with Crippen LogP contribution in [-0.4, -0.2) is 59.7 Å². The quantitative estimate of drug-likeness (QED) is 0.545. The lowest BCUT2D eigenvalue weighted by molar-refractivity contribution is 0.0562. The van der Waals surface area contributed by atoms with Gasteiger partial charge in [-0.15, -0.1) is 0 Å². The predicted octanol–water partition coefficient (Wildman–Crippen LogP) is -0.537. The Bertz CT molecular complexity index is 1020. The highest BCUT2D eigenvalue weighted by Crippen LogP contribution is 2.27. The van der Waals surface area contributed by atoms with E-state index in [0.29, 0.717) is 43.0 Å². The maximum Gasteiger partial charge on any atom is 0.264 e. The Morgan fingerprint density at radius 1 is 1.26 bits per heavy atom. The first-order valence-electron chi connectivity index (χ1n) is 8.73. The van der Waals surface area contributed by atoms with Gasteiger partial charge in [0.2, 0.25) is 0 Å². The van der Waals surface area contributed by atoms with E-state index in [0.717, 1.165) is 11.3 Å². The Balaban J connectivity index is 1.69. The van der Waals surface area contributed by atoms with Crippen LogP contribution in [0.3, 0.4) is 0 Å². The Hall–Kier alpha value is -2.85. The maximum atomic E-state index is 11.6. The minimum atomic E-state index is -0.671. The maximum absolute atomic E-state index is 11.6. The largest absolute Gasteiger partial charge is 0.396 e. The predicted molar refractivity (Wildman–Crippen MR) is 97.2 cm³/mol. The van der Waals surface area contributed by atoms with Gasteiger partial charge in [-0.1, -0.05) is 6.92 Å². The van der Waals surface area contributed by atoms with E-state index >= 15 is 0 Å². The molecule has 0 bridgehead atoms. The second-order valence-corrected chi connectivity index (χ2v) is 7.24. The molecular weight excluding hydrogens is 350 g/mol. The lowest BCUT2D eigenvalue weighted by Gasteiger charge is -2.28. The Morgan fingerprint density at radius 3 is 2.85 bits per heavy atom. The van der Waals surface area contributed by atoms with E-state index in [1.54, 1.807) is 19.3 Å². The molecule has 0 fully saturated rings. The van der Waals surface area contributed by atoms with Crippen molar-refractivity contribution in [1.29, 1.82) is 0 Å². The molecule has 0 amide bonds. The molecule has 3 aromatic heterocycles. The first kappa shape index (κ1) is 17.6. The second kappa shape index (κ2) is 6.71. The van der Waals surface area contributed by atoms with Gasteiger partial charge in [0.25, 0.3) is 5.56 Å². The lowest BCUT2D eigenvalue weighted by Crippen LogP contribution is -2.33. The summed E-state index contributed by atoms with van der Waals surface area (Å²) < 4.78 is 1.82. The van der Waals surface area contributed by atoms with Crippen LogP contribution in [0.4, 0.5) is 5.82 Å². The molecule has 0 saturated carbocycles. The zero-order valence-corrected chi connectivity index (χ0v) is 15.0. The van der Waals surface area contributed by atoms with E-state index < -0.39 is 5.41 Å². The minimum absolute atomic E-state index is 0.147. The summed E-state index contributed by atoms with van der Waals surface area (Å²) in [4.78, 5) is 26.8. The van der Waals surface area contributed by atoms with Gasteiger partial charge in [0.1, 0.15) is 6.33 Å². The number of fused-ring (bicyclic) bond motifs is 2. The van der Waals surface area contributed by atoms with Crippen LogP contribution in [0.25, 0.3) is 11.2 Å². The fraction of sp³-hybridized carbons (Fsp3) is 0.471. The SMILES string of the molecule is CC(CO)(CO)Cn1cnc2c(N3CCc4n[nH]c(=O)cc4C3)ncnc21. The molecular formula is C17H21N7O3. The number of rotatable bonds is 5. The molecule has 0 aromatic carbocycles. The molecule has 3 aromatic rings. The molecule has 0 saturated heterocycles. The van der Waals surface area contributed by atoms with Gasteiger partial charge in [0, 0.05) is 43.1 Å². The van der Waals surface area contributed by atoms with Crippen LogP contribution >= 0.6 is 0 Å². The van der Waals surface area contributed by atoms with Crippen molar-refractivity contribution in [2.45, 2.75) is 26.4 Å². The van der Waals surface area contributed by atoms with E-state index in [9.17, 15) is 15.0 Å². The first-order valence-corrected chi connectivity index (χ1v) is 8.73. The number of H-pyrrole nitrogens is 1. The third-order valence-corrected chi connectivity index (χ3v) is 4.95. The van der Waals surface area contributed by atoms with Crippen molar-refractivity contribution in [2.75, 3.05) is 24.7 Å². The molecule has 3 N–H and O–H groups in total. The molecule has 27 heavy (non-hydrogen) atoms. The second-order valence-electron chi connectivity index (χ2n) is 7.24. The van der Waals surface area contributed by atoms with Crippen LogP contribution < -0.4 is 10.5 Å². The van der Waals surface area contributed by atoms with E-state index in [-0.39, 0.29) is 18.8 Å². The minimum Gasteiger partial charge on any atom is -0.396 e. The fourth-order valence-electron chi connectivity index (χ4n) is 3.30. The highest BCUT2D eigenvalue weighted by molar-refractivity contribution is 5.83. The van der Waals surface area contributed by atoms with Crippen LogP contribution in [0.15, 0.2) is 23.5 Å². The van der Waals surface area contributed by atoms with E-state index in [1.165, 1.54) is 6.33 Å². The molecule has 0 atom stereocenters. The Kier molecular flexibility index (Phi) is 4.36. The Morgan fingerprint density at radius 2 is 2.07 bits per heavy atom. The molecule has 10 nitrogen and oxygen atoms in total. The van der Waals surface area contributed by atoms with Crippen molar-refractivity contribution in [3.63, 3.8) is 0 Å². The average molecular weight is 371 g/mol. The number of aromatic amines is 1. The molecule has 4 heterocycles. The van der Waals surface area contributed by atoms with Gasteiger partial charge >= 0.3 is 0 Å². The molecule has 1 aliphatic rings. The summed E-state index contributed by atoms with van der Waals surface area (Å²) in [6.07, 6.45) is 3.83. The van der Waals surface area contributed by atoms with Gasteiger partial charge in [-0.05, 0) is 0 Å². The van der Waals surface area contributed by atoms with Crippen molar-refractivity contribution in [3.8, 4) is 0 Å².